The lowest BCUT2D eigenvalue weighted by atomic mass is 10.0. The molecule has 178 valence electrons. The van der Waals surface area contributed by atoms with Crippen LogP contribution in [-0.4, -0.2) is 68.1 Å². The average Bonchev–Trinajstić information content (AvgIpc) is 3.53. The van der Waals surface area contributed by atoms with E-state index in [1.54, 1.807) is 36.5 Å². The maximum atomic E-state index is 14.4. The number of anilines is 1. The monoisotopic (exact) mass is 477 g/mol. The minimum absolute atomic E-state index is 0.162. The molecule has 1 aromatic carbocycles. The Kier molecular flexibility index (Phi) is 5.82. The maximum absolute atomic E-state index is 14.4. The summed E-state index contributed by atoms with van der Waals surface area (Å²) in [7, 11) is 1.71. The topological polar surface area (TPSA) is 107 Å². The Morgan fingerprint density at radius 2 is 1.97 bits per heavy atom. The lowest BCUT2D eigenvalue weighted by Gasteiger charge is -2.37. The number of urea groups is 1. The molecule has 1 saturated heterocycles. The average molecular weight is 477 g/mol. The summed E-state index contributed by atoms with van der Waals surface area (Å²) in [6.07, 6.45) is 4.75. The van der Waals surface area contributed by atoms with Gasteiger partial charge in [0.15, 0.2) is 5.82 Å². The van der Waals surface area contributed by atoms with Crippen LogP contribution in [0.15, 0.2) is 41.8 Å². The summed E-state index contributed by atoms with van der Waals surface area (Å²) in [5, 5.41) is 18.8. The number of nitrogens with zero attached hydrogens (tertiary/aromatic N) is 9. The van der Waals surface area contributed by atoms with Gasteiger partial charge in [0, 0.05) is 52.1 Å². The summed E-state index contributed by atoms with van der Waals surface area (Å²) in [6, 6.07) is 6.88. The van der Waals surface area contributed by atoms with Crippen molar-refractivity contribution in [1.82, 2.24) is 29.7 Å². The van der Waals surface area contributed by atoms with Gasteiger partial charge in [-0.15, -0.1) is 0 Å². The van der Waals surface area contributed by atoms with Crippen molar-refractivity contribution in [2.75, 3.05) is 31.1 Å². The van der Waals surface area contributed by atoms with Gasteiger partial charge in [0.25, 0.3) is 0 Å². The molecule has 1 unspecified atom stereocenters. The second-order valence-corrected chi connectivity index (χ2v) is 8.24. The second kappa shape index (κ2) is 9.09. The predicted octanol–water partition coefficient (Wildman–Crippen LogP) is 2.70. The number of hydrazone groups is 1. The smallest absolute Gasteiger partial charge is 0.337 e. The van der Waals surface area contributed by atoms with E-state index in [-0.39, 0.29) is 17.3 Å². The van der Waals surface area contributed by atoms with E-state index in [1.165, 1.54) is 15.8 Å². The molecule has 1 atom stereocenters. The van der Waals surface area contributed by atoms with Gasteiger partial charge in [-0.3, -0.25) is 4.68 Å². The number of aromatic nitrogens is 4. The van der Waals surface area contributed by atoms with Crippen LogP contribution >= 0.6 is 0 Å². The zero-order valence-corrected chi connectivity index (χ0v) is 18.8. The molecule has 2 aromatic heterocycles. The normalized spacial score (nSPS) is 17.7. The van der Waals surface area contributed by atoms with E-state index < -0.39 is 17.7 Å². The summed E-state index contributed by atoms with van der Waals surface area (Å²) >= 11 is 0. The van der Waals surface area contributed by atoms with Crippen molar-refractivity contribution in [3.8, 4) is 17.5 Å². The Hall–Kier alpha value is -4.40. The van der Waals surface area contributed by atoms with E-state index in [4.69, 9.17) is 5.26 Å². The molecule has 35 heavy (non-hydrogen) atoms. The number of amides is 2. The molecule has 1 fully saturated rings. The van der Waals surface area contributed by atoms with E-state index in [0.717, 1.165) is 12.3 Å². The number of hydrogen-bond acceptors (Lipinski definition) is 7. The van der Waals surface area contributed by atoms with E-state index >= 15 is 0 Å². The zero-order valence-electron chi connectivity index (χ0n) is 18.8. The highest BCUT2D eigenvalue weighted by Gasteiger charge is 2.34. The Balaban J connectivity index is 1.28. The van der Waals surface area contributed by atoms with Crippen molar-refractivity contribution in [1.29, 1.82) is 5.26 Å². The minimum Gasteiger partial charge on any atom is -0.337 e. The van der Waals surface area contributed by atoms with Crippen LogP contribution in [0, 0.1) is 23.0 Å². The van der Waals surface area contributed by atoms with E-state index in [0.29, 0.717) is 49.8 Å². The Morgan fingerprint density at radius 3 is 2.69 bits per heavy atom. The quantitative estimate of drug-likeness (QED) is 0.574. The van der Waals surface area contributed by atoms with Gasteiger partial charge in [0.2, 0.25) is 5.95 Å². The van der Waals surface area contributed by atoms with Crippen molar-refractivity contribution in [2.45, 2.75) is 12.5 Å². The molecular weight excluding hydrogens is 456 g/mol. The Bertz CT molecular complexity index is 1340. The lowest BCUT2D eigenvalue weighted by Crippen LogP contribution is -2.52. The molecular formula is C23H21F2N9O. The number of carbonyl (C=O) groups excluding carboxylic acids is 1. The first kappa shape index (κ1) is 22.4. The number of rotatable bonds is 3. The third kappa shape index (κ3) is 4.28. The van der Waals surface area contributed by atoms with Crippen LogP contribution in [0.2, 0.25) is 0 Å². The largest absolute Gasteiger partial charge is 0.341 e. The van der Waals surface area contributed by atoms with E-state index in [2.05, 4.69) is 20.2 Å². The Morgan fingerprint density at radius 1 is 1.17 bits per heavy atom. The molecule has 12 heteroatoms. The lowest BCUT2D eigenvalue weighted by molar-refractivity contribution is 0.139. The number of hydrogen-bond donors (Lipinski definition) is 0. The molecule has 0 radical (unpaired) electrons. The SMILES string of the molecule is Cn1nccc1-c1nc(N2CCN(C(=O)N3N=CCC3c3cc(F)cc(C#N)c3)CC2)ncc1F. The van der Waals surface area contributed by atoms with Crippen LogP contribution in [0.3, 0.4) is 0 Å². The summed E-state index contributed by atoms with van der Waals surface area (Å²) in [4.78, 5) is 25.3. The molecule has 3 aromatic rings. The summed E-state index contributed by atoms with van der Waals surface area (Å²) in [5.41, 5.74) is 1.41. The van der Waals surface area contributed by atoms with Crippen LogP contribution < -0.4 is 4.90 Å². The molecule has 2 aliphatic rings. The minimum atomic E-state index is -0.541. The van der Waals surface area contributed by atoms with Gasteiger partial charge in [0.1, 0.15) is 11.5 Å². The summed E-state index contributed by atoms with van der Waals surface area (Å²) in [6.45, 7) is 1.66. The first-order valence-corrected chi connectivity index (χ1v) is 11.0. The number of benzene rings is 1. The van der Waals surface area contributed by atoms with E-state index in [9.17, 15) is 13.6 Å². The van der Waals surface area contributed by atoms with Gasteiger partial charge in [-0.2, -0.15) is 15.5 Å². The number of nitriles is 1. The molecule has 10 nitrogen and oxygen atoms in total. The van der Waals surface area contributed by atoms with Gasteiger partial charge in [0.05, 0.1) is 29.6 Å². The molecule has 5 rings (SSSR count). The number of aryl methyl sites for hydroxylation is 1. The van der Waals surface area contributed by atoms with E-state index in [1.807, 2.05) is 11.0 Å². The highest BCUT2D eigenvalue weighted by molar-refractivity contribution is 5.79. The highest BCUT2D eigenvalue weighted by Crippen LogP contribution is 2.31. The molecule has 0 spiro atoms. The fourth-order valence-electron chi connectivity index (χ4n) is 4.28. The van der Waals surface area contributed by atoms with Crippen LogP contribution in [0.5, 0.6) is 0 Å². The summed E-state index contributed by atoms with van der Waals surface area (Å²) < 4.78 is 29.9. The molecule has 0 aliphatic carbocycles. The zero-order chi connectivity index (χ0) is 24.5. The van der Waals surface area contributed by atoms with Crippen LogP contribution in [0.25, 0.3) is 11.4 Å². The standard InChI is InChI=1S/C23H21F2N9O/c1-31-20(3-4-28-31)21-18(25)14-27-22(30-21)32-6-8-33(9-7-32)23(35)34-19(2-5-29-34)16-10-15(13-26)11-17(24)12-16/h3-5,10-12,14,19H,2,6-9H2,1H3. The third-order valence-electron chi connectivity index (χ3n) is 6.09. The van der Waals surface area contributed by atoms with Crippen molar-refractivity contribution < 1.29 is 13.6 Å². The first-order chi connectivity index (χ1) is 16.9. The number of carbonyl (C=O) groups is 1. The third-order valence-corrected chi connectivity index (χ3v) is 6.09. The van der Waals surface area contributed by atoms with Crippen molar-refractivity contribution in [2.24, 2.45) is 12.1 Å². The highest BCUT2D eigenvalue weighted by atomic mass is 19.1. The van der Waals surface area contributed by atoms with Crippen LogP contribution in [0.1, 0.15) is 23.6 Å². The molecule has 2 amide bonds. The maximum Gasteiger partial charge on any atom is 0.341 e. The van der Waals surface area contributed by atoms with Crippen LogP contribution in [-0.2, 0) is 7.05 Å². The van der Waals surface area contributed by atoms with Gasteiger partial charge in [-0.25, -0.2) is 28.6 Å². The van der Waals surface area contributed by atoms with Crippen molar-refractivity contribution >= 4 is 18.2 Å². The summed E-state index contributed by atoms with van der Waals surface area (Å²) in [5.74, 6) is -0.701. The first-order valence-electron chi connectivity index (χ1n) is 11.0. The van der Waals surface area contributed by atoms with Crippen molar-refractivity contribution in [3.63, 3.8) is 0 Å². The number of piperazine rings is 1. The fourth-order valence-corrected chi connectivity index (χ4v) is 4.28. The molecule has 2 aliphatic heterocycles. The van der Waals surface area contributed by atoms with Gasteiger partial charge in [-0.1, -0.05) is 0 Å². The molecule has 4 heterocycles. The van der Waals surface area contributed by atoms with Gasteiger partial charge < -0.3 is 9.80 Å². The van der Waals surface area contributed by atoms with Crippen molar-refractivity contribution in [3.05, 3.63) is 59.4 Å². The molecule has 0 N–H and O–H groups in total. The van der Waals surface area contributed by atoms with Gasteiger partial charge >= 0.3 is 6.03 Å². The van der Waals surface area contributed by atoms with Crippen LogP contribution in [0.4, 0.5) is 19.5 Å². The van der Waals surface area contributed by atoms with Gasteiger partial charge in [-0.05, 0) is 29.8 Å². The second-order valence-electron chi connectivity index (χ2n) is 8.24. The predicted molar refractivity (Wildman–Crippen MR) is 122 cm³/mol. The molecule has 0 saturated carbocycles. The fraction of sp³-hybridized carbons (Fsp3) is 0.304. The number of halogens is 2. The Labute approximate surface area is 199 Å². The molecule has 0 bridgehead atoms.